The number of aromatic nitrogens is 2. The second-order valence-electron chi connectivity index (χ2n) is 14.6. The smallest absolute Gasteiger partial charge is 0.160 e. The van der Waals surface area contributed by atoms with Gasteiger partial charge in [0.2, 0.25) is 0 Å². The molecule has 250 valence electrons. The highest BCUT2D eigenvalue weighted by molar-refractivity contribution is 6.08. The van der Waals surface area contributed by atoms with Crippen LogP contribution in [-0.4, -0.2) is 9.97 Å². The molecule has 0 aliphatic heterocycles. The first-order valence-corrected chi connectivity index (χ1v) is 18.3. The Morgan fingerprint density at radius 2 is 0.887 bits per heavy atom. The lowest BCUT2D eigenvalue weighted by molar-refractivity contribution is 0.636. The molecule has 0 amide bonds. The van der Waals surface area contributed by atoms with E-state index in [9.17, 15) is 0 Å². The molecule has 0 spiro atoms. The molecule has 2 heteroatoms. The Kier molecular flexibility index (Phi) is 7.19. The zero-order valence-corrected chi connectivity index (χ0v) is 29.7. The maximum Gasteiger partial charge on any atom is 0.160 e. The summed E-state index contributed by atoms with van der Waals surface area (Å²) in [7, 11) is 0. The number of hydrogen-bond donors (Lipinski definition) is 0. The fourth-order valence-electron chi connectivity index (χ4n) is 8.30. The maximum absolute atomic E-state index is 5.53. The van der Waals surface area contributed by atoms with E-state index in [2.05, 4.69) is 196 Å². The summed E-state index contributed by atoms with van der Waals surface area (Å²) in [5.74, 6) is 0.742. The zero-order valence-electron chi connectivity index (χ0n) is 29.7. The minimum absolute atomic E-state index is 0.312. The molecular formula is C51H36N2. The molecule has 0 N–H and O–H groups in total. The molecule has 8 aromatic carbocycles. The first-order chi connectivity index (χ1) is 26.0. The summed E-state index contributed by atoms with van der Waals surface area (Å²) in [6, 6.07) is 65.3. The highest BCUT2D eigenvalue weighted by Gasteiger charge is 2.41. The van der Waals surface area contributed by atoms with Crippen LogP contribution in [0, 0.1) is 0 Å². The van der Waals surface area contributed by atoms with Gasteiger partial charge in [-0.2, -0.15) is 0 Å². The third kappa shape index (κ3) is 5.18. The van der Waals surface area contributed by atoms with E-state index < -0.39 is 0 Å². The molecule has 0 radical (unpaired) electrons. The van der Waals surface area contributed by atoms with Gasteiger partial charge in [0.25, 0.3) is 0 Å². The Labute approximate surface area is 310 Å². The lowest BCUT2D eigenvalue weighted by Gasteiger charge is -2.21. The number of nitrogens with zero attached hydrogens (tertiary/aromatic N) is 2. The first kappa shape index (κ1) is 31.1. The van der Waals surface area contributed by atoms with Crippen LogP contribution in [-0.2, 0) is 5.41 Å². The fraction of sp³-hybridized carbons (Fsp3) is 0.0588. The monoisotopic (exact) mass is 676 g/mol. The fourth-order valence-corrected chi connectivity index (χ4v) is 8.30. The van der Waals surface area contributed by atoms with Crippen LogP contribution < -0.4 is 0 Å². The van der Waals surface area contributed by atoms with Gasteiger partial charge in [-0.15, -0.1) is 0 Å². The van der Waals surface area contributed by atoms with Crippen LogP contribution in [0.4, 0.5) is 0 Å². The highest BCUT2D eigenvalue weighted by Crippen LogP contribution is 2.54. The van der Waals surface area contributed by atoms with Gasteiger partial charge in [-0.25, -0.2) is 9.97 Å². The normalized spacial score (nSPS) is 12.9. The van der Waals surface area contributed by atoms with Crippen molar-refractivity contribution in [2.45, 2.75) is 19.3 Å². The highest BCUT2D eigenvalue weighted by atomic mass is 14.9. The minimum atomic E-state index is -0.312. The summed E-state index contributed by atoms with van der Waals surface area (Å²) >= 11 is 0. The summed E-state index contributed by atoms with van der Waals surface area (Å²) < 4.78 is 0. The number of hydrogen-bond acceptors (Lipinski definition) is 2. The molecule has 2 nitrogen and oxygen atoms in total. The van der Waals surface area contributed by atoms with Crippen molar-refractivity contribution in [1.82, 2.24) is 9.97 Å². The van der Waals surface area contributed by atoms with Gasteiger partial charge in [0.15, 0.2) is 5.82 Å². The van der Waals surface area contributed by atoms with E-state index in [0.717, 1.165) is 45.0 Å². The third-order valence-electron chi connectivity index (χ3n) is 11.0. The van der Waals surface area contributed by atoms with Crippen LogP contribution in [0.1, 0.15) is 25.1 Å². The second kappa shape index (κ2) is 12.3. The van der Waals surface area contributed by atoms with Gasteiger partial charge in [0.1, 0.15) is 0 Å². The van der Waals surface area contributed by atoms with E-state index in [1.807, 2.05) is 0 Å². The zero-order chi connectivity index (χ0) is 35.5. The van der Waals surface area contributed by atoms with Crippen LogP contribution in [0.2, 0.25) is 0 Å². The van der Waals surface area contributed by atoms with Crippen molar-refractivity contribution in [1.29, 1.82) is 0 Å². The number of fused-ring (bicyclic) bond motifs is 6. The van der Waals surface area contributed by atoms with Gasteiger partial charge in [0.05, 0.1) is 11.4 Å². The van der Waals surface area contributed by atoms with Gasteiger partial charge in [-0.05, 0) is 78.2 Å². The molecular weight excluding hydrogens is 641 g/mol. The average Bonchev–Trinajstić information content (AvgIpc) is 3.47. The van der Waals surface area contributed by atoms with Crippen LogP contribution in [0.3, 0.4) is 0 Å². The lowest BCUT2D eigenvalue weighted by atomic mass is 9.84. The van der Waals surface area contributed by atoms with E-state index >= 15 is 0 Å². The number of rotatable bonds is 5. The van der Waals surface area contributed by atoms with Crippen molar-refractivity contribution in [2.75, 3.05) is 0 Å². The summed E-state index contributed by atoms with van der Waals surface area (Å²) in [6.07, 6.45) is 0. The van der Waals surface area contributed by atoms with Crippen molar-refractivity contribution >= 4 is 21.5 Å². The van der Waals surface area contributed by atoms with Crippen molar-refractivity contribution in [3.63, 3.8) is 0 Å². The summed E-state index contributed by atoms with van der Waals surface area (Å²) in [4.78, 5) is 11.0. The van der Waals surface area contributed by atoms with E-state index in [-0.39, 0.29) is 5.41 Å². The van der Waals surface area contributed by atoms with E-state index in [1.54, 1.807) is 0 Å². The van der Waals surface area contributed by atoms with Gasteiger partial charge in [-0.3, -0.25) is 0 Å². The van der Waals surface area contributed by atoms with Crippen molar-refractivity contribution in [3.8, 4) is 67.2 Å². The SMILES string of the molecule is CC1(C)c2ccc3ccccc3c2-c2c(-c3cccc4ccccc34)nc(-c3cccc(-c4cccc(-c5ccc(-c6ccccc6)cc5)c4)c3)nc21. The summed E-state index contributed by atoms with van der Waals surface area (Å²) in [6.45, 7) is 4.62. The lowest BCUT2D eigenvalue weighted by Crippen LogP contribution is -2.17. The van der Waals surface area contributed by atoms with Crippen molar-refractivity contribution in [3.05, 3.63) is 193 Å². The molecule has 1 aromatic heterocycles. The first-order valence-electron chi connectivity index (χ1n) is 18.3. The molecule has 1 aliphatic rings. The molecule has 9 aromatic rings. The van der Waals surface area contributed by atoms with Crippen LogP contribution in [0.5, 0.6) is 0 Å². The topological polar surface area (TPSA) is 25.8 Å². The van der Waals surface area contributed by atoms with Gasteiger partial charge < -0.3 is 0 Å². The quantitative estimate of drug-likeness (QED) is 0.181. The molecule has 53 heavy (non-hydrogen) atoms. The van der Waals surface area contributed by atoms with Crippen molar-refractivity contribution in [2.24, 2.45) is 0 Å². The molecule has 1 heterocycles. The Morgan fingerprint density at radius 1 is 0.377 bits per heavy atom. The van der Waals surface area contributed by atoms with E-state index in [0.29, 0.717) is 0 Å². The molecule has 0 fully saturated rings. The summed E-state index contributed by atoms with van der Waals surface area (Å²) in [5.41, 5.74) is 14.7. The largest absolute Gasteiger partial charge is 0.231 e. The minimum Gasteiger partial charge on any atom is -0.231 e. The molecule has 1 aliphatic carbocycles. The molecule has 0 unspecified atom stereocenters. The Hall–Kier alpha value is -6.64. The average molecular weight is 677 g/mol. The van der Waals surface area contributed by atoms with Gasteiger partial charge in [0, 0.05) is 22.1 Å². The van der Waals surface area contributed by atoms with E-state index in [4.69, 9.17) is 9.97 Å². The molecule has 0 saturated carbocycles. The molecule has 0 atom stereocenters. The Bertz CT molecular complexity index is 2840. The Balaban J connectivity index is 1.12. The number of benzene rings is 8. The standard InChI is InChI=1S/C51H36N2/c1-51(2)45-30-29-37-16-7-9-23-43(37)46(45)47-48(44-24-12-17-36-15-6-8-22-42(36)44)52-50(53-49(47)51)41-21-11-20-40(32-41)39-19-10-18-38(31-39)35-27-25-34(26-28-35)33-13-4-3-5-14-33/h3-32H,1-2H3. The van der Waals surface area contributed by atoms with Crippen LogP contribution >= 0.6 is 0 Å². The molecule has 10 rings (SSSR count). The van der Waals surface area contributed by atoms with E-state index in [1.165, 1.54) is 54.9 Å². The predicted octanol–water partition coefficient (Wildman–Crippen LogP) is 13.4. The third-order valence-corrected chi connectivity index (χ3v) is 11.0. The second-order valence-corrected chi connectivity index (χ2v) is 14.6. The van der Waals surface area contributed by atoms with Crippen LogP contribution in [0.25, 0.3) is 88.7 Å². The van der Waals surface area contributed by atoms with Crippen LogP contribution in [0.15, 0.2) is 182 Å². The summed E-state index contributed by atoms with van der Waals surface area (Å²) in [5, 5.41) is 4.86. The van der Waals surface area contributed by atoms with Gasteiger partial charge in [-0.1, -0.05) is 184 Å². The molecule has 0 saturated heterocycles. The van der Waals surface area contributed by atoms with Crippen molar-refractivity contribution < 1.29 is 0 Å². The maximum atomic E-state index is 5.53. The molecule has 0 bridgehead atoms. The Morgan fingerprint density at radius 3 is 1.62 bits per heavy atom. The predicted molar refractivity (Wildman–Crippen MR) is 222 cm³/mol. The van der Waals surface area contributed by atoms with Gasteiger partial charge >= 0.3 is 0 Å².